The molecule has 20 heavy (non-hydrogen) atoms. The molecule has 4 saturated carbocycles. The second-order valence-corrected chi connectivity index (χ2v) is 6.87. The summed E-state index contributed by atoms with van der Waals surface area (Å²) in [6, 6.07) is 3.97. The minimum Gasteiger partial charge on any atom is -0.478 e. The zero-order valence-electron chi connectivity index (χ0n) is 11.5. The van der Waals surface area contributed by atoms with E-state index in [1.807, 2.05) is 6.07 Å². The van der Waals surface area contributed by atoms with E-state index in [9.17, 15) is 4.79 Å². The first-order valence-electron chi connectivity index (χ1n) is 7.70. The minimum atomic E-state index is -0.933. The Balaban J connectivity index is 1.57. The summed E-state index contributed by atoms with van der Waals surface area (Å²) < 4.78 is 5.91. The van der Waals surface area contributed by atoms with Crippen LogP contribution < -0.4 is 0 Å². The number of aliphatic carboxylic acids is 1. The van der Waals surface area contributed by atoms with Gasteiger partial charge >= 0.3 is 5.97 Å². The van der Waals surface area contributed by atoms with Crippen LogP contribution in [0.25, 0.3) is 6.08 Å². The summed E-state index contributed by atoms with van der Waals surface area (Å²) in [5.74, 6) is 4.93. The SMILES string of the molecule is O=C(O)/C=C/c1ccc(C2C3CC4CC(C3)CC2C4)o1. The molecular weight excluding hydrogens is 252 g/mol. The van der Waals surface area contributed by atoms with E-state index in [-0.39, 0.29) is 0 Å². The van der Waals surface area contributed by atoms with Crippen molar-refractivity contribution in [3.05, 3.63) is 29.7 Å². The lowest BCUT2D eigenvalue weighted by atomic mass is 9.51. The summed E-state index contributed by atoms with van der Waals surface area (Å²) in [5.41, 5.74) is 0. The van der Waals surface area contributed by atoms with Gasteiger partial charge in [-0.25, -0.2) is 4.79 Å². The fourth-order valence-corrected chi connectivity index (χ4v) is 5.18. The van der Waals surface area contributed by atoms with Gasteiger partial charge in [-0.1, -0.05) is 0 Å². The second-order valence-electron chi connectivity index (χ2n) is 6.87. The molecule has 106 valence electrons. The van der Waals surface area contributed by atoms with Crippen LogP contribution in [0.5, 0.6) is 0 Å². The molecule has 3 nitrogen and oxygen atoms in total. The Kier molecular flexibility index (Phi) is 2.76. The largest absolute Gasteiger partial charge is 0.478 e. The van der Waals surface area contributed by atoms with E-state index in [2.05, 4.69) is 6.07 Å². The van der Waals surface area contributed by atoms with Crippen LogP contribution >= 0.6 is 0 Å². The van der Waals surface area contributed by atoms with Crippen LogP contribution in [0.3, 0.4) is 0 Å². The molecule has 1 heterocycles. The summed E-state index contributed by atoms with van der Waals surface area (Å²) in [4.78, 5) is 10.6. The van der Waals surface area contributed by atoms with Crippen LogP contribution in [0.1, 0.15) is 49.5 Å². The molecule has 4 aliphatic rings. The van der Waals surface area contributed by atoms with Crippen molar-refractivity contribution in [1.82, 2.24) is 0 Å². The Morgan fingerprint density at radius 2 is 1.75 bits per heavy atom. The zero-order valence-corrected chi connectivity index (χ0v) is 11.5. The van der Waals surface area contributed by atoms with E-state index in [0.717, 1.165) is 35.5 Å². The van der Waals surface area contributed by atoms with Crippen molar-refractivity contribution in [2.45, 2.75) is 38.0 Å². The molecule has 1 aromatic rings. The molecule has 5 rings (SSSR count). The maximum atomic E-state index is 10.6. The molecule has 0 amide bonds. The van der Waals surface area contributed by atoms with Gasteiger partial charge in [0.1, 0.15) is 11.5 Å². The lowest BCUT2D eigenvalue weighted by molar-refractivity contribution is -0.131. The van der Waals surface area contributed by atoms with E-state index >= 15 is 0 Å². The van der Waals surface area contributed by atoms with E-state index in [1.165, 1.54) is 32.1 Å². The Morgan fingerprint density at radius 1 is 1.10 bits per heavy atom. The van der Waals surface area contributed by atoms with Crippen LogP contribution in [-0.2, 0) is 4.79 Å². The van der Waals surface area contributed by atoms with Gasteiger partial charge in [0.05, 0.1) is 0 Å². The maximum Gasteiger partial charge on any atom is 0.328 e. The van der Waals surface area contributed by atoms with Gasteiger partial charge in [0.25, 0.3) is 0 Å². The summed E-state index contributed by atoms with van der Waals surface area (Å²) in [6.45, 7) is 0. The summed E-state index contributed by atoms with van der Waals surface area (Å²) >= 11 is 0. The highest BCUT2D eigenvalue weighted by Crippen LogP contribution is 2.59. The molecule has 0 aromatic carbocycles. The van der Waals surface area contributed by atoms with E-state index in [4.69, 9.17) is 9.52 Å². The third kappa shape index (κ3) is 2.00. The highest BCUT2D eigenvalue weighted by atomic mass is 16.4. The molecule has 4 aliphatic carbocycles. The molecule has 0 saturated heterocycles. The number of carboxylic acid groups (broad SMARTS) is 1. The molecule has 4 bridgehead atoms. The fourth-order valence-electron chi connectivity index (χ4n) is 5.18. The lowest BCUT2D eigenvalue weighted by Gasteiger charge is -2.53. The first-order valence-corrected chi connectivity index (χ1v) is 7.70. The molecule has 0 atom stereocenters. The smallest absolute Gasteiger partial charge is 0.328 e. The van der Waals surface area contributed by atoms with Gasteiger partial charge in [0.2, 0.25) is 0 Å². The summed E-state index contributed by atoms with van der Waals surface area (Å²) in [7, 11) is 0. The van der Waals surface area contributed by atoms with Crippen LogP contribution in [0.4, 0.5) is 0 Å². The molecule has 4 fully saturated rings. The number of rotatable bonds is 3. The van der Waals surface area contributed by atoms with Crippen molar-refractivity contribution in [2.24, 2.45) is 23.7 Å². The van der Waals surface area contributed by atoms with Gasteiger partial charge in [-0.3, -0.25) is 0 Å². The molecule has 0 aliphatic heterocycles. The van der Waals surface area contributed by atoms with E-state index < -0.39 is 5.97 Å². The lowest BCUT2D eigenvalue weighted by Crippen LogP contribution is -2.43. The molecule has 1 N–H and O–H groups in total. The van der Waals surface area contributed by atoms with Gasteiger partial charge < -0.3 is 9.52 Å². The summed E-state index contributed by atoms with van der Waals surface area (Å²) in [5, 5.41) is 8.67. The van der Waals surface area contributed by atoms with Crippen LogP contribution in [0.15, 0.2) is 22.6 Å². The molecule has 1 aromatic heterocycles. The number of hydrogen-bond acceptors (Lipinski definition) is 2. The van der Waals surface area contributed by atoms with Crippen molar-refractivity contribution < 1.29 is 14.3 Å². The predicted molar refractivity (Wildman–Crippen MR) is 75.2 cm³/mol. The molecule has 0 spiro atoms. The topological polar surface area (TPSA) is 50.4 Å². The van der Waals surface area contributed by atoms with Crippen molar-refractivity contribution >= 4 is 12.0 Å². The summed E-state index contributed by atoms with van der Waals surface area (Å²) in [6.07, 6.45) is 9.64. The van der Waals surface area contributed by atoms with Gasteiger partial charge in [-0.2, -0.15) is 0 Å². The van der Waals surface area contributed by atoms with Gasteiger partial charge in [-0.15, -0.1) is 0 Å². The first-order chi connectivity index (χ1) is 9.69. The zero-order chi connectivity index (χ0) is 13.7. The van der Waals surface area contributed by atoms with Gasteiger partial charge in [0, 0.05) is 12.0 Å². The Bertz CT molecular complexity index is 526. The minimum absolute atomic E-state index is 0.578. The van der Waals surface area contributed by atoms with Crippen molar-refractivity contribution in [3.63, 3.8) is 0 Å². The van der Waals surface area contributed by atoms with Crippen LogP contribution in [0, 0.1) is 23.7 Å². The standard InChI is InChI=1S/C17H20O3/c18-16(19)4-2-14-1-3-15(20-14)17-12-6-10-5-11(8-12)9-13(17)7-10/h1-4,10-13,17H,5-9H2,(H,18,19)/b4-2+. The second kappa shape index (κ2) is 4.51. The fraction of sp³-hybridized carbons (Fsp3) is 0.588. The molecule has 3 heteroatoms. The Morgan fingerprint density at radius 3 is 2.35 bits per heavy atom. The third-order valence-corrected chi connectivity index (χ3v) is 5.59. The van der Waals surface area contributed by atoms with E-state index in [0.29, 0.717) is 11.7 Å². The number of furan rings is 1. The van der Waals surface area contributed by atoms with Crippen LogP contribution in [0.2, 0.25) is 0 Å². The van der Waals surface area contributed by atoms with Crippen LogP contribution in [-0.4, -0.2) is 11.1 Å². The number of carboxylic acids is 1. The van der Waals surface area contributed by atoms with Crippen molar-refractivity contribution in [2.75, 3.05) is 0 Å². The quantitative estimate of drug-likeness (QED) is 0.848. The Hall–Kier alpha value is -1.51. The third-order valence-electron chi connectivity index (χ3n) is 5.59. The highest BCUT2D eigenvalue weighted by Gasteiger charge is 2.49. The number of hydrogen-bond donors (Lipinski definition) is 1. The van der Waals surface area contributed by atoms with Crippen molar-refractivity contribution in [1.29, 1.82) is 0 Å². The van der Waals surface area contributed by atoms with Gasteiger partial charge in [-0.05, 0) is 74.0 Å². The predicted octanol–water partition coefficient (Wildman–Crippen LogP) is 3.92. The monoisotopic (exact) mass is 272 g/mol. The average Bonchev–Trinajstić information content (AvgIpc) is 2.83. The maximum absolute atomic E-state index is 10.6. The molecular formula is C17H20O3. The van der Waals surface area contributed by atoms with Gasteiger partial charge in [0.15, 0.2) is 0 Å². The Labute approximate surface area is 118 Å². The number of carbonyl (C=O) groups is 1. The highest BCUT2D eigenvalue weighted by molar-refractivity contribution is 5.84. The first kappa shape index (κ1) is 12.2. The average molecular weight is 272 g/mol. The molecule has 0 unspecified atom stereocenters. The normalized spacial score (nSPS) is 38.7. The van der Waals surface area contributed by atoms with Crippen molar-refractivity contribution in [3.8, 4) is 0 Å². The molecule has 0 radical (unpaired) electrons. The van der Waals surface area contributed by atoms with E-state index in [1.54, 1.807) is 6.08 Å².